The molecule has 2 rings (SSSR count). The van der Waals surface area contributed by atoms with Crippen molar-refractivity contribution in [3.63, 3.8) is 0 Å². The zero-order valence-electron chi connectivity index (χ0n) is 11.7. The van der Waals surface area contributed by atoms with Crippen LogP contribution < -0.4 is 16.6 Å². The lowest BCUT2D eigenvalue weighted by Crippen LogP contribution is -2.14. The van der Waals surface area contributed by atoms with E-state index in [9.17, 15) is 4.79 Å². The summed E-state index contributed by atoms with van der Waals surface area (Å²) in [5, 5.41) is 2.96. The van der Waals surface area contributed by atoms with Gasteiger partial charge in [-0.2, -0.15) is 0 Å². The van der Waals surface area contributed by atoms with Crippen molar-refractivity contribution < 1.29 is 4.79 Å². The SMILES string of the molecule is CC(C)c1ccccc1NC(=O)c1ccc(NN)cc1. The number of carbonyl (C=O) groups is 1. The van der Waals surface area contributed by atoms with Crippen LogP contribution in [0.1, 0.15) is 35.7 Å². The number of nitrogens with one attached hydrogen (secondary N) is 2. The minimum Gasteiger partial charge on any atom is -0.324 e. The van der Waals surface area contributed by atoms with E-state index >= 15 is 0 Å². The van der Waals surface area contributed by atoms with E-state index in [0.717, 1.165) is 16.9 Å². The Hall–Kier alpha value is -2.33. The Balaban J connectivity index is 2.19. The molecule has 2 aromatic carbocycles. The van der Waals surface area contributed by atoms with Gasteiger partial charge in [-0.05, 0) is 41.8 Å². The number of hydrogen-bond acceptors (Lipinski definition) is 3. The number of nitrogen functional groups attached to an aromatic ring is 1. The number of para-hydroxylation sites is 1. The molecule has 0 aromatic heterocycles. The fourth-order valence-electron chi connectivity index (χ4n) is 2.03. The molecule has 4 heteroatoms. The molecule has 4 N–H and O–H groups in total. The van der Waals surface area contributed by atoms with E-state index in [1.165, 1.54) is 0 Å². The predicted octanol–water partition coefficient (Wildman–Crippen LogP) is 3.35. The number of hydrazine groups is 1. The molecule has 0 heterocycles. The monoisotopic (exact) mass is 269 g/mol. The van der Waals surface area contributed by atoms with Gasteiger partial charge in [-0.3, -0.25) is 10.6 Å². The van der Waals surface area contributed by atoms with Gasteiger partial charge >= 0.3 is 0 Å². The van der Waals surface area contributed by atoms with Crippen LogP contribution in [0.2, 0.25) is 0 Å². The van der Waals surface area contributed by atoms with Gasteiger partial charge in [0.1, 0.15) is 0 Å². The highest BCUT2D eigenvalue weighted by Gasteiger charge is 2.10. The van der Waals surface area contributed by atoms with Crippen molar-refractivity contribution in [1.82, 2.24) is 0 Å². The molecule has 0 spiro atoms. The van der Waals surface area contributed by atoms with Crippen molar-refractivity contribution in [1.29, 1.82) is 0 Å². The summed E-state index contributed by atoms with van der Waals surface area (Å²) in [4.78, 5) is 12.2. The van der Waals surface area contributed by atoms with Gasteiger partial charge in [0.2, 0.25) is 0 Å². The largest absolute Gasteiger partial charge is 0.324 e. The number of amides is 1. The number of anilines is 2. The molecule has 20 heavy (non-hydrogen) atoms. The molecule has 4 nitrogen and oxygen atoms in total. The smallest absolute Gasteiger partial charge is 0.255 e. The van der Waals surface area contributed by atoms with Crippen LogP contribution in [0.25, 0.3) is 0 Å². The van der Waals surface area contributed by atoms with Gasteiger partial charge in [0.15, 0.2) is 0 Å². The van der Waals surface area contributed by atoms with Crippen LogP contribution in [0, 0.1) is 0 Å². The van der Waals surface area contributed by atoms with E-state index < -0.39 is 0 Å². The third-order valence-corrected chi connectivity index (χ3v) is 3.14. The molecule has 0 fully saturated rings. The first kappa shape index (κ1) is 14.1. The zero-order valence-corrected chi connectivity index (χ0v) is 11.7. The molecular weight excluding hydrogens is 250 g/mol. The van der Waals surface area contributed by atoms with Crippen LogP contribution in [-0.2, 0) is 0 Å². The molecule has 0 bridgehead atoms. The summed E-state index contributed by atoms with van der Waals surface area (Å²) in [6, 6.07) is 14.9. The first-order chi connectivity index (χ1) is 9.61. The molecule has 0 aliphatic rings. The van der Waals surface area contributed by atoms with Crippen LogP contribution in [0.5, 0.6) is 0 Å². The van der Waals surface area contributed by atoms with Gasteiger partial charge in [-0.15, -0.1) is 0 Å². The second-order valence-electron chi connectivity index (χ2n) is 4.92. The standard InChI is InChI=1S/C16H19N3O/c1-11(2)14-5-3-4-6-15(14)18-16(20)12-7-9-13(19-17)10-8-12/h3-11,19H,17H2,1-2H3,(H,18,20). The fraction of sp³-hybridized carbons (Fsp3) is 0.188. The molecule has 0 aliphatic carbocycles. The summed E-state index contributed by atoms with van der Waals surface area (Å²) in [7, 11) is 0. The molecule has 0 saturated carbocycles. The summed E-state index contributed by atoms with van der Waals surface area (Å²) in [5.74, 6) is 5.54. The quantitative estimate of drug-likeness (QED) is 0.589. The van der Waals surface area contributed by atoms with Crippen LogP contribution in [0.4, 0.5) is 11.4 Å². The molecule has 0 aliphatic heterocycles. The van der Waals surface area contributed by atoms with Gasteiger partial charge in [-0.25, -0.2) is 0 Å². The maximum absolute atomic E-state index is 12.2. The number of benzene rings is 2. The van der Waals surface area contributed by atoms with E-state index in [0.29, 0.717) is 11.5 Å². The van der Waals surface area contributed by atoms with Crippen molar-refractivity contribution >= 4 is 17.3 Å². The summed E-state index contributed by atoms with van der Waals surface area (Å²) < 4.78 is 0. The minimum absolute atomic E-state index is 0.123. The molecule has 104 valence electrons. The van der Waals surface area contributed by atoms with E-state index in [1.807, 2.05) is 24.3 Å². The zero-order chi connectivity index (χ0) is 14.5. The molecule has 0 atom stereocenters. The molecule has 1 amide bonds. The molecule has 0 saturated heterocycles. The second kappa shape index (κ2) is 6.21. The van der Waals surface area contributed by atoms with Crippen molar-refractivity contribution in [3.05, 3.63) is 59.7 Å². The normalized spacial score (nSPS) is 10.4. The molecule has 2 aromatic rings. The lowest BCUT2D eigenvalue weighted by molar-refractivity contribution is 0.102. The van der Waals surface area contributed by atoms with E-state index in [-0.39, 0.29) is 5.91 Å². The predicted molar refractivity (Wildman–Crippen MR) is 82.7 cm³/mol. The molecule has 0 unspecified atom stereocenters. The van der Waals surface area contributed by atoms with Crippen molar-refractivity contribution in [2.24, 2.45) is 5.84 Å². The highest BCUT2D eigenvalue weighted by Crippen LogP contribution is 2.24. The Morgan fingerprint density at radius 3 is 2.30 bits per heavy atom. The summed E-state index contributed by atoms with van der Waals surface area (Å²) in [6.45, 7) is 4.21. The van der Waals surface area contributed by atoms with Crippen LogP contribution in [-0.4, -0.2) is 5.91 Å². The number of carbonyl (C=O) groups excluding carboxylic acids is 1. The van der Waals surface area contributed by atoms with E-state index in [2.05, 4.69) is 24.6 Å². The van der Waals surface area contributed by atoms with Crippen molar-refractivity contribution in [2.75, 3.05) is 10.7 Å². The fourth-order valence-corrected chi connectivity index (χ4v) is 2.03. The third-order valence-electron chi connectivity index (χ3n) is 3.14. The Morgan fingerprint density at radius 2 is 1.70 bits per heavy atom. The first-order valence-electron chi connectivity index (χ1n) is 6.58. The Bertz CT molecular complexity index is 591. The molecule has 0 radical (unpaired) electrons. The van der Waals surface area contributed by atoms with Gasteiger partial charge in [0.05, 0.1) is 0 Å². The van der Waals surface area contributed by atoms with Crippen LogP contribution in [0.3, 0.4) is 0 Å². The van der Waals surface area contributed by atoms with Crippen molar-refractivity contribution in [3.8, 4) is 0 Å². The van der Waals surface area contributed by atoms with E-state index in [4.69, 9.17) is 5.84 Å². The number of hydrogen-bond donors (Lipinski definition) is 3. The average molecular weight is 269 g/mol. The maximum atomic E-state index is 12.2. The Kier molecular flexibility index (Phi) is 4.38. The second-order valence-corrected chi connectivity index (χ2v) is 4.92. The summed E-state index contributed by atoms with van der Waals surface area (Å²) in [5.41, 5.74) is 5.88. The first-order valence-corrected chi connectivity index (χ1v) is 6.58. The summed E-state index contributed by atoms with van der Waals surface area (Å²) in [6.07, 6.45) is 0. The topological polar surface area (TPSA) is 67.2 Å². The van der Waals surface area contributed by atoms with Gasteiger partial charge in [0.25, 0.3) is 5.91 Å². The lowest BCUT2D eigenvalue weighted by atomic mass is 10.0. The minimum atomic E-state index is -0.123. The third kappa shape index (κ3) is 3.16. The van der Waals surface area contributed by atoms with Crippen LogP contribution >= 0.6 is 0 Å². The maximum Gasteiger partial charge on any atom is 0.255 e. The van der Waals surface area contributed by atoms with E-state index in [1.54, 1.807) is 24.3 Å². The number of rotatable bonds is 4. The Labute approximate surface area is 119 Å². The molecular formula is C16H19N3O. The average Bonchev–Trinajstić information content (AvgIpc) is 2.47. The van der Waals surface area contributed by atoms with Gasteiger partial charge < -0.3 is 10.7 Å². The Morgan fingerprint density at radius 1 is 1.05 bits per heavy atom. The number of nitrogens with two attached hydrogens (primary N) is 1. The van der Waals surface area contributed by atoms with Crippen molar-refractivity contribution in [2.45, 2.75) is 19.8 Å². The highest BCUT2D eigenvalue weighted by atomic mass is 16.1. The summed E-state index contributed by atoms with van der Waals surface area (Å²) >= 11 is 0. The van der Waals surface area contributed by atoms with Gasteiger partial charge in [0, 0.05) is 16.9 Å². The van der Waals surface area contributed by atoms with Crippen LogP contribution in [0.15, 0.2) is 48.5 Å². The lowest BCUT2D eigenvalue weighted by Gasteiger charge is -2.13. The van der Waals surface area contributed by atoms with Gasteiger partial charge in [-0.1, -0.05) is 32.0 Å². The highest BCUT2D eigenvalue weighted by molar-refractivity contribution is 6.04.